The molecule has 2 aromatic heterocycles. The molecule has 1 aromatic carbocycles. The summed E-state index contributed by atoms with van der Waals surface area (Å²) in [6, 6.07) is 15.4. The topological polar surface area (TPSA) is 116 Å². The molecule has 198 valence electrons. The maximum atomic E-state index is 10.3. The molecule has 4 N–H and O–H groups in total. The summed E-state index contributed by atoms with van der Waals surface area (Å²) in [5.41, 5.74) is 9.62. The number of fused-ring (bicyclic) bond motifs is 4. The first kappa shape index (κ1) is 23.5. The van der Waals surface area contributed by atoms with E-state index in [0.29, 0.717) is 53.7 Å². The Kier molecular flexibility index (Phi) is 5.93. The van der Waals surface area contributed by atoms with Crippen molar-refractivity contribution in [1.29, 1.82) is 0 Å². The molecule has 5 aliphatic heterocycles. The zero-order chi connectivity index (χ0) is 25.6. The van der Waals surface area contributed by atoms with Gasteiger partial charge in [0.05, 0.1) is 11.4 Å². The number of anilines is 3. The number of benzene rings is 1. The molecule has 5 saturated heterocycles. The minimum atomic E-state index is 0.183. The van der Waals surface area contributed by atoms with Crippen molar-refractivity contribution in [2.75, 3.05) is 54.9 Å². The van der Waals surface area contributed by atoms with Crippen LogP contribution in [0.25, 0.3) is 11.3 Å². The SMILES string of the molecule is Nc1nnc(-c2ccccc2O)cc1N1CC2CCC(C1)N2c1ccnc(OCCN2CC3CC(C2)N3)c1. The molecule has 3 aromatic rings. The van der Waals surface area contributed by atoms with Crippen LogP contribution in [0.4, 0.5) is 17.2 Å². The Hall–Kier alpha value is -3.63. The van der Waals surface area contributed by atoms with E-state index >= 15 is 0 Å². The molecule has 0 spiro atoms. The summed E-state index contributed by atoms with van der Waals surface area (Å²) in [4.78, 5) is 11.8. The molecule has 10 heteroatoms. The van der Waals surface area contributed by atoms with E-state index in [1.54, 1.807) is 12.1 Å². The number of phenols is 1. The van der Waals surface area contributed by atoms with Crippen LogP contribution in [-0.2, 0) is 0 Å². The average Bonchev–Trinajstić information content (AvgIpc) is 3.18. The Labute approximate surface area is 222 Å². The quantitative estimate of drug-likeness (QED) is 0.433. The lowest BCUT2D eigenvalue weighted by molar-refractivity contribution is 0.0669. The van der Waals surface area contributed by atoms with E-state index in [1.807, 2.05) is 24.4 Å². The first-order valence-electron chi connectivity index (χ1n) is 13.6. The van der Waals surface area contributed by atoms with Crippen molar-refractivity contribution < 1.29 is 9.84 Å². The molecule has 4 bridgehead atoms. The lowest BCUT2D eigenvalue weighted by atomic mass is 9.91. The van der Waals surface area contributed by atoms with Gasteiger partial charge in [0.15, 0.2) is 5.82 Å². The molecule has 5 fully saturated rings. The van der Waals surface area contributed by atoms with Crippen LogP contribution >= 0.6 is 0 Å². The van der Waals surface area contributed by atoms with E-state index in [4.69, 9.17) is 10.5 Å². The number of aromatic nitrogens is 3. The van der Waals surface area contributed by atoms with Crippen LogP contribution in [0.2, 0.25) is 0 Å². The van der Waals surface area contributed by atoms with Crippen molar-refractivity contribution in [3.63, 3.8) is 0 Å². The maximum absolute atomic E-state index is 10.3. The second kappa shape index (κ2) is 9.59. The number of ether oxygens (including phenoxy) is 1. The lowest BCUT2D eigenvalue weighted by Crippen LogP contribution is -2.67. The van der Waals surface area contributed by atoms with E-state index in [1.165, 1.54) is 12.1 Å². The third-order valence-corrected chi connectivity index (χ3v) is 8.48. The molecule has 8 rings (SSSR count). The zero-order valence-corrected chi connectivity index (χ0v) is 21.4. The number of hydrogen-bond acceptors (Lipinski definition) is 10. The van der Waals surface area contributed by atoms with Crippen LogP contribution in [0, 0.1) is 0 Å². The number of hydrogen-bond donors (Lipinski definition) is 3. The molecular formula is C28H34N8O2. The molecule has 4 atom stereocenters. The van der Waals surface area contributed by atoms with Crippen LogP contribution in [0.5, 0.6) is 11.6 Å². The van der Waals surface area contributed by atoms with Gasteiger partial charge in [-0.1, -0.05) is 12.1 Å². The number of nitrogens with two attached hydrogens (primary N) is 1. The molecule has 5 aliphatic rings. The third kappa shape index (κ3) is 4.37. The molecule has 0 aliphatic carbocycles. The van der Waals surface area contributed by atoms with Crippen LogP contribution in [0.3, 0.4) is 0 Å². The highest BCUT2D eigenvalue weighted by Crippen LogP contribution is 2.39. The van der Waals surface area contributed by atoms with Gasteiger partial charge in [-0.3, -0.25) is 4.90 Å². The summed E-state index contributed by atoms with van der Waals surface area (Å²) < 4.78 is 6.09. The van der Waals surface area contributed by atoms with Crippen LogP contribution < -0.4 is 25.6 Å². The minimum Gasteiger partial charge on any atom is -0.507 e. The van der Waals surface area contributed by atoms with Gasteiger partial charge < -0.3 is 30.7 Å². The minimum absolute atomic E-state index is 0.183. The molecule has 0 radical (unpaired) electrons. The molecular weight excluding hydrogens is 480 g/mol. The predicted molar refractivity (Wildman–Crippen MR) is 147 cm³/mol. The predicted octanol–water partition coefficient (Wildman–Crippen LogP) is 2.11. The van der Waals surface area contributed by atoms with Crippen molar-refractivity contribution >= 4 is 17.2 Å². The Bertz CT molecular complexity index is 1290. The number of aromatic hydroxyl groups is 1. The second-order valence-electron chi connectivity index (χ2n) is 11.0. The Morgan fingerprint density at radius 1 is 1.00 bits per heavy atom. The van der Waals surface area contributed by atoms with Gasteiger partial charge in [-0.25, -0.2) is 4.98 Å². The smallest absolute Gasteiger partial charge is 0.215 e. The molecule has 7 heterocycles. The maximum Gasteiger partial charge on any atom is 0.215 e. The van der Waals surface area contributed by atoms with Gasteiger partial charge >= 0.3 is 0 Å². The highest BCUT2D eigenvalue weighted by Gasteiger charge is 2.41. The van der Waals surface area contributed by atoms with Crippen LogP contribution in [0.15, 0.2) is 48.7 Å². The Morgan fingerprint density at radius 3 is 2.53 bits per heavy atom. The molecule has 10 nitrogen and oxygen atoms in total. The highest BCUT2D eigenvalue weighted by molar-refractivity contribution is 5.74. The summed E-state index contributed by atoms with van der Waals surface area (Å²) in [6.07, 6.45) is 5.42. The fraction of sp³-hybridized carbons (Fsp3) is 0.464. The average molecular weight is 515 g/mol. The summed E-state index contributed by atoms with van der Waals surface area (Å²) in [6.45, 7) is 5.52. The number of nitrogen functional groups attached to an aromatic ring is 1. The van der Waals surface area contributed by atoms with Crippen LogP contribution in [0.1, 0.15) is 19.3 Å². The van der Waals surface area contributed by atoms with Gasteiger partial charge in [0, 0.05) is 80.4 Å². The van der Waals surface area contributed by atoms with Gasteiger partial charge in [-0.2, -0.15) is 0 Å². The van der Waals surface area contributed by atoms with Gasteiger partial charge in [0.1, 0.15) is 12.4 Å². The molecule has 38 heavy (non-hydrogen) atoms. The van der Waals surface area contributed by atoms with Gasteiger partial charge in [-0.15, -0.1) is 10.2 Å². The van der Waals surface area contributed by atoms with E-state index in [-0.39, 0.29) is 5.75 Å². The highest BCUT2D eigenvalue weighted by atomic mass is 16.5. The van der Waals surface area contributed by atoms with E-state index in [2.05, 4.69) is 47.3 Å². The lowest BCUT2D eigenvalue weighted by Gasteiger charge is -2.48. The first-order chi connectivity index (χ1) is 18.6. The number of piperidine rings is 1. The summed E-state index contributed by atoms with van der Waals surface area (Å²) >= 11 is 0. The molecule has 0 amide bonds. The first-order valence-corrected chi connectivity index (χ1v) is 13.6. The molecule has 0 saturated carbocycles. The zero-order valence-electron chi connectivity index (χ0n) is 21.4. The second-order valence-corrected chi connectivity index (χ2v) is 11.0. The van der Waals surface area contributed by atoms with Crippen molar-refractivity contribution in [3.05, 3.63) is 48.7 Å². The normalized spacial score (nSPS) is 26.3. The Balaban J connectivity index is 1.03. The summed E-state index contributed by atoms with van der Waals surface area (Å²) in [5, 5.41) is 22.4. The van der Waals surface area contributed by atoms with Gasteiger partial charge in [-0.05, 0) is 43.5 Å². The number of piperazine rings is 2. The third-order valence-electron chi connectivity index (χ3n) is 8.48. The monoisotopic (exact) mass is 514 g/mol. The summed E-state index contributed by atoms with van der Waals surface area (Å²) in [5.74, 6) is 1.29. The number of nitrogens with one attached hydrogen (secondary N) is 1. The van der Waals surface area contributed by atoms with E-state index in [0.717, 1.165) is 51.3 Å². The standard InChI is InChI=1S/C28H34N8O2/c29-28-25(13-24(32-33-28)23-3-1-2-4-26(23)37)35-16-21-5-6-22(17-35)36(21)20-7-8-30-27(12-20)38-10-9-34-14-18-11-19(15-34)31-18/h1-4,7-8,12-13,18-19,21-22,31,37H,5-6,9-11,14-17H2,(H2,29,33). The number of nitrogens with zero attached hydrogens (tertiary/aromatic N) is 6. The fourth-order valence-corrected chi connectivity index (χ4v) is 6.69. The van der Waals surface area contributed by atoms with Gasteiger partial charge in [0.2, 0.25) is 5.88 Å². The Morgan fingerprint density at radius 2 is 1.76 bits per heavy atom. The molecule has 4 unspecified atom stereocenters. The largest absolute Gasteiger partial charge is 0.507 e. The number of para-hydroxylation sites is 1. The number of rotatable bonds is 7. The van der Waals surface area contributed by atoms with E-state index in [9.17, 15) is 5.11 Å². The van der Waals surface area contributed by atoms with Crippen molar-refractivity contribution in [2.24, 2.45) is 0 Å². The number of pyridine rings is 1. The summed E-state index contributed by atoms with van der Waals surface area (Å²) in [7, 11) is 0. The van der Waals surface area contributed by atoms with Crippen LogP contribution in [-0.4, -0.2) is 88.7 Å². The van der Waals surface area contributed by atoms with Crippen molar-refractivity contribution in [1.82, 2.24) is 25.4 Å². The van der Waals surface area contributed by atoms with Gasteiger partial charge in [0.25, 0.3) is 0 Å². The van der Waals surface area contributed by atoms with Crippen molar-refractivity contribution in [3.8, 4) is 22.9 Å². The number of phenolic OH excluding ortho intramolecular Hbond substituents is 1. The van der Waals surface area contributed by atoms with E-state index < -0.39 is 0 Å². The fourth-order valence-electron chi connectivity index (χ4n) is 6.69. The van der Waals surface area contributed by atoms with Crippen molar-refractivity contribution in [2.45, 2.75) is 43.4 Å².